The third-order valence-electron chi connectivity index (χ3n) is 6.84. The number of aromatic nitrogens is 3. The van der Waals surface area contributed by atoms with Crippen LogP contribution in [0, 0.1) is 17.8 Å². The van der Waals surface area contributed by atoms with Gasteiger partial charge in [0.1, 0.15) is 0 Å². The molecule has 1 N–H and O–H groups in total. The van der Waals surface area contributed by atoms with Crippen LogP contribution in [0.5, 0.6) is 0 Å². The van der Waals surface area contributed by atoms with E-state index in [4.69, 9.17) is 34.8 Å². The number of benzene rings is 1. The fourth-order valence-corrected chi connectivity index (χ4v) is 7.45. The van der Waals surface area contributed by atoms with Gasteiger partial charge in [-0.1, -0.05) is 59.1 Å². The minimum absolute atomic E-state index is 0.183. The van der Waals surface area contributed by atoms with Crippen molar-refractivity contribution < 1.29 is 4.79 Å². The summed E-state index contributed by atoms with van der Waals surface area (Å²) >= 11 is 21.3. The van der Waals surface area contributed by atoms with Gasteiger partial charge in [-0.2, -0.15) is 0 Å². The highest BCUT2D eigenvalue weighted by Gasteiger charge is 2.43. The molecule has 0 radical (unpaired) electrons. The maximum atomic E-state index is 12.7. The van der Waals surface area contributed by atoms with Gasteiger partial charge in [0.2, 0.25) is 5.91 Å². The van der Waals surface area contributed by atoms with Crippen LogP contribution in [0.25, 0.3) is 10.7 Å². The predicted molar refractivity (Wildman–Crippen MR) is 138 cm³/mol. The first kappa shape index (κ1) is 23.5. The number of fused-ring (bicyclic) bond motifs is 2. The summed E-state index contributed by atoms with van der Waals surface area (Å²) in [7, 11) is 0. The standard InChI is InChI=1S/C23H23Cl3N4OS2/c1-12(15-8-13-4-5-14(15)7-13)30-22(20-3-2-6-32-20)28-29-23(30)33-11-21(31)27-19-10-17(25)16(24)9-18(19)26/h2-3,6,9-10,12-15H,4-5,7-8,11H2,1H3,(H,27,31)/t12-,13+,14+,15+/m1/s1. The minimum Gasteiger partial charge on any atom is -0.324 e. The molecule has 0 spiro atoms. The van der Waals surface area contributed by atoms with Gasteiger partial charge < -0.3 is 5.32 Å². The highest BCUT2D eigenvalue weighted by atomic mass is 35.5. The van der Waals surface area contributed by atoms with E-state index >= 15 is 0 Å². The molecule has 10 heteroatoms. The maximum absolute atomic E-state index is 12.7. The number of carbonyl (C=O) groups excluding carboxylic acids is 1. The Kier molecular flexibility index (Phi) is 6.96. The topological polar surface area (TPSA) is 59.8 Å². The molecule has 4 atom stereocenters. The van der Waals surface area contributed by atoms with E-state index in [9.17, 15) is 4.79 Å². The van der Waals surface area contributed by atoms with Gasteiger partial charge in [-0.3, -0.25) is 9.36 Å². The third kappa shape index (κ3) is 4.80. The number of carbonyl (C=O) groups is 1. The van der Waals surface area contributed by atoms with Crippen molar-refractivity contribution in [2.75, 3.05) is 11.1 Å². The fraction of sp³-hybridized carbons (Fsp3) is 0.435. The highest BCUT2D eigenvalue weighted by molar-refractivity contribution is 7.99. The number of halogens is 3. The number of anilines is 1. The lowest BCUT2D eigenvalue weighted by atomic mass is 9.84. The number of amides is 1. The van der Waals surface area contributed by atoms with Gasteiger partial charge in [0.15, 0.2) is 11.0 Å². The average Bonchev–Trinajstić information content (AvgIpc) is 3.59. The average molecular weight is 542 g/mol. The van der Waals surface area contributed by atoms with E-state index in [0.717, 1.165) is 27.7 Å². The van der Waals surface area contributed by atoms with Crippen molar-refractivity contribution in [3.63, 3.8) is 0 Å². The Morgan fingerprint density at radius 2 is 2.03 bits per heavy atom. The second-order valence-corrected chi connectivity index (χ2v) is 11.9. The van der Waals surface area contributed by atoms with Crippen molar-refractivity contribution in [1.29, 1.82) is 0 Å². The second kappa shape index (κ2) is 9.78. The van der Waals surface area contributed by atoms with Gasteiger partial charge in [-0.15, -0.1) is 21.5 Å². The summed E-state index contributed by atoms with van der Waals surface area (Å²) in [5, 5.41) is 15.7. The van der Waals surface area contributed by atoms with Crippen molar-refractivity contribution >= 4 is 69.5 Å². The summed E-state index contributed by atoms with van der Waals surface area (Å²) in [6.45, 7) is 2.28. The van der Waals surface area contributed by atoms with Crippen molar-refractivity contribution in [2.24, 2.45) is 17.8 Å². The summed E-state index contributed by atoms with van der Waals surface area (Å²) in [5.41, 5.74) is 0.438. The Hall–Kier alpha value is -1.25. The van der Waals surface area contributed by atoms with E-state index < -0.39 is 0 Å². The lowest BCUT2D eigenvalue weighted by Gasteiger charge is -2.30. The van der Waals surface area contributed by atoms with Crippen LogP contribution >= 0.6 is 57.9 Å². The summed E-state index contributed by atoms with van der Waals surface area (Å²) in [6.07, 6.45) is 5.31. The Morgan fingerprint density at radius 3 is 2.73 bits per heavy atom. The predicted octanol–water partition coefficient (Wildman–Crippen LogP) is 7.69. The molecular formula is C23H23Cl3N4OS2. The van der Waals surface area contributed by atoms with Crippen LogP contribution in [-0.4, -0.2) is 26.4 Å². The zero-order chi connectivity index (χ0) is 23.1. The van der Waals surface area contributed by atoms with E-state index in [0.29, 0.717) is 26.7 Å². The normalized spacial score (nSPS) is 22.6. The largest absolute Gasteiger partial charge is 0.324 e. The molecule has 3 aromatic rings. The molecule has 2 bridgehead atoms. The molecular weight excluding hydrogens is 519 g/mol. The van der Waals surface area contributed by atoms with Crippen LogP contribution in [-0.2, 0) is 4.79 Å². The molecule has 0 aliphatic heterocycles. The number of hydrogen-bond acceptors (Lipinski definition) is 5. The van der Waals surface area contributed by atoms with E-state index in [1.54, 1.807) is 17.4 Å². The molecule has 1 amide bonds. The molecule has 2 aliphatic rings. The minimum atomic E-state index is -0.194. The SMILES string of the molecule is C[C@H]([C@@H]1C[C@H]2CC[C@H]1C2)n1c(SCC(=O)Nc2cc(Cl)c(Cl)cc2Cl)nnc1-c1cccs1. The van der Waals surface area contributed by atoms with Crippen LogP contribution in [0.3, 0.4) is 0 Å². The number of thiophene rings is 1. The Bertz CT molecular complexity index is 1170. The van der Waals surface area contributed by atoms with E-state index in [1.807, 2.05) is 6.07 Å². The zero-order valence-corrected chi connectivity index (χ0v) is 21.8. The summed E-state index contributed by atoms with van der Waals surface area (Å²) in [4.78, 5) is 13.8. The van der Waals surface area contributed by atoms with Crippen LogP contribution in [0.2, 0.25) is 15.1 Å². The number of rotatable bonds is 7. The molecule has 2 saturated carbocycles. The molecule has 0 unspecified atom stereocenters. The van der Waals surface area contributed by atoms with Crippen molar-refractivity contribution in [3.05, 3.63) is 44.7 Å². The number of nitrogens with one attached hydrogen (secondary N) is 1. The van der Waals surface area contributed by atoms with Gasteiger partial charge in [0.05, 0.1) is 31.4 Å². The molecule has 174 valence electrons. The molecule has 2 fully saturated rings. The molecule has 0 saturated heterocycles. The zero-order valence-electron chi connectivity index (χ0n) is 17.9. The quantitative estimate of drug-likeness (QED) is 0.246. The van der Waals surface area contributed by atoms with Crippen molar-refractivity contribution in [1.82, 2.24) is 14.8 Å². The Morgan fingerprint density at radius 1 is 1.21 bits per heavy atom. The molecule has 2 aliphatic carbocycles. The lowest BCUT2D eigenvalue weighted by molar-refractivity contribution is -0.113. The van der Waals surface area contributed by atoms with E-state index in [2.05, 4.69) is 38.5 Å². The molecule has 5 nitrogen and oxygen atoms in total. The molecule has 33 heavy (non-hydrogen) atoms. The smallest absolute Gasteiger partial charge is 0.234 e. The first-order valence-electron chi connectivity index (χ1n) is 11.0. The molecule has 2 aromatic heterocycles. The van der Waals surface area contributed by atoms with Crippen LogP contribution in [0.4, 0.5) is 5.69 Å². The van der Waals surface area contributed by atoms with E-state index in [-0.39, 0.29) is 17.7 Å². The summed E-state index contributed by atoms with van der Waals surface area (Å²) < 4.78 is 2.25. The first-order chi connectivity index (χ1) is 15.9. The second-order valence-electron chi connectivity index (χ2n) is 8.82. The molecule has 2 heterocycles. The Balaban J connectivity index is 1.35. The maximum Gasteiger partial charge on any atom is 0.234 e. The Labute approximate surface area is 216 Å². The van der Waals surface area contributed by atoms with Crippen molar-refractivity contribution in [2.45, 2.75) is 43.8 Å². The number of thioether (sulfide) groups is 1. The van der Waals surface area contributed by atoms with Crippen LogP contribution in [0.1, 0.15) is 38.6 Å². The monoisotopic (exact) mass is 540 g/mol. The third-order valence-corrected chi connectivity index (χ3v) is 9.69. The van der Waals surface area contributed by atoms with Gasteiger partial charge in [-0.25, -0.2) is 0 Å². The number of hydrogen-bond donors (Lipinski definition) is 1. The van der Waals surface area contributed by atoms with Crippen LogP contribution in [0.15, 0.2) is 34.8 Å². The summed E-state index contributed by atoms with van der Waals surface area (Å²) in [5.74, 6) is 3.14. The van der Waals surface area contributed by atoms with Gasteiger partial charge in [0, 0.05) is 6.04 Å². The first-order valence-corrected chi connectivity index (χ1v) is 14.0. The summed E-state index contributed by atoms with van der Waals surface area (Å²) in [6, 6.07) is 7.47. The molecule has 5 rings (SSSR count). The highest BCUT2D eigenvalue weighted by Crippen LogP contribution is 2.53. The van der Waals surface area contributed by atoms with Gasteiger partial charge in [-0.05, 0) is 67.5 Å². The van der Waals surface area contributed by atoms with Crippen molar-refractivity contribution in [3.8, 4) is 10.7 Å². The fourth-order valence-electron chi connectivity index (χ4n) is 5.33. The van der Waals surface area contributed by atoms with E-state index in [1.165, 1.54) is 43.5 Å². The number of nitrogens with zero attached hydrogens (tertiary/aromatic N) is 3. The van der Waals surface area contributed by atoms with Gasteiger partial charge >= 0.3 is 0 Å². The molecule has 1 aromatic carbocycles. The lowest BCUT2D eigenvalue weighted by Crippen LogP contribution is -2.23. The van der Waals surface area contributed by atoms with Crippen LogP contribution < -0.4 is 5.32 Å². The van der Waals surface area contributed by atoms with Gasteiger partial charge in [0.25, 0.3) is 0 Å².